The molecule has 0 N–H and O–H groups in total. The molecule has 0 saturated heterocycles. The molecule has 5 heteroatoms. The Balaban J connectivity index is -0.000000372. The predicted octanol–water partition coefficient (Wildman–Crippen LogP) is 3.26. The Bertz CT molecular complexity index is 372. The Labute approximate surface area is 167 Å². The third-order valence-electron chi connectivity index (χ3n) is 3.71. The Morgan fingerprint density at radius 1 is 0.600 bits per heavy atom. The molecule has 0 rings (SSSR count). The van der Waals surface area contributed by atoms with Gasteiger partial charge in [-0.1, -0.05) is 64.6 Å². The van der Waals surface area contributed by atoms with Gasteiger partial charge >= 0.3 is 17.1 Å². The van der Waals surface area contributed by atoms with Crippen LogP contribution in [0.5, 0.6) is 0 Å². The van der Waals surface area contributed by atoms with Gasteiger partial charge in [-0.05, 0) is 54.0 Å². The molecule has 0 aromatic rings. The molecule has 0 heterocycles. The third-order valence-corrected chi connectivity index (χ3v) is 3.71. The van der Waals surface area contributed by atoms with Crippen molar-refractivity contribution in [3.63, 3.8) is 0 Å². The van der Waals surface area contributed by atoms with Gasteiger partial charge in [0.25, 0.3) is 0 Å². The minimum absolute atomic E-state index is 0. The van der Waals surface area contributed by atoms with Crippen molar-refractivity contribution in [1.82, 2.24) is 0 Å². The van der Waals surface area contributed by atoms with E-state index in [1.165, 1.54) is 12.4 Å². The molecule has 0 fully saturated rings. The van der Waals surface area contributed by atoms with Crippen LogP contribution in [0.1, 0.15) is 83.1 Å². The molecule has 25 heavy (non-hydrogen) atoms. The Morgan fingerprint density at radius 3 is 0.920 bits per heavy atom. The van der Waals surface area contributed by atoms with Crippen LogP contribution in [0.4, 0.5) is 0 Å². The van der Waals surface area contributed by atoms with Gasteiger partial charge in [-0.25, -0.2) is 0 Å². The largest absolute Gasteiger partial charge is 2.00 e. The number of hydrogen-bond donors (Lipinski definition) is 0. The van der Waals surface area contributed by atoms with Gasteiger partial charge in [0.1, 0.15) is 0 Å². The van der Waals surface area contributed by atoms with Crippen molar-refractivity contribution in [1.29, 1.82) is 0 Å². The first-order chi connectivity index (χ1) is 10.3. The van der Waals surface area contributed by atoms with E-state index in [-0.39, 0.29) is 40.0 Å². The maximum atomic E-state index is 11.7. The molecule has 0 aromatic carbocycles. The first-order valence-corrected chi connectivity index (χ1v) is 8.84. The Hall–Kier alpha value is -0.221. The summed E-state index contributed by atoms with van der Waals surface area (Å²) in [7, 11) is 0. The van der Waals surface area contributed by atoms with Crippen LogP contribution in [0.2, 0.25) is 0 Å². The summed E-state index contributed by atoms with van der Waals surface area (Å²) in [6.07, 6.45) is 3.08. The zero-order chi connectivity index (χ0) is 20.0. The molecule has 0 amide bonds. The van der Waals surface area contributed by atoms with Crippen molar-refractivity contribution in [2.75, 3.05) is 0 Å². The molecule has 0 spiro atoms. The van der Waals surface area contributed by atoms with Gasteiger partial charge in [-0.2, -0.15) is 0 Å². The van der Waals surface area contributed by atoms with Gasteiger partial charge in [0.2, 0.25) is 0 Å². The molecule has 4 nitrogen and oxygen atoms in total. The van der Waals surface area contributed by atoms with E-state index in [0.29, 0.717) is 0 Å². The van der Waals surface area contributed by atoms with E-state index in [9.17, 15) is 10.2 Å². The minimum Gasteiger partial charge on any atom is -0.845 e. The molecular weight excluding hydrogens is 364 g/mol. The summed E-state index contributed by atoms with van der Waals surface area (Å²) in [6, 6.07) is 0. The quantitative estimate of drug-likeness (QED) is 0.533. The second-order valence-corrected chi connectivity index (χ2v) is 9.54. The molecule has 0 aromatic heterocycles. The summed E-state index contributed by atoms with van der Waals surface area (Å²) in [5, 5.41) is 23.4. The average Bonchev–Trinajstić information content (AvgIpc) is 2.33. The van der Waals surface area contributed by atoms with E-state index in [2.05, 4.69) is 9.98 Å². The van der Waals surface area contributed by atoms with Gasteiger partial charge < -0.3 is 10.2 Å². The van der Waals surface area contributed by atoms with Crippen LogP contribution < -0.4 is 10.2 Å². The van der Waals surface area contributed by atoms with Gasteiger partial charge in [-0.15, -0.1) is 0 Å². The molecular formula is C20H40CuN2O2. The van der Waals surface area contributed by atoms with Gasteiger partial charge in [0.05, 0.1) is 11.1 Å². The maximum absolute atomic E-state index is 11.7. The molecule has 2 atom stereocenters. The molecule has 153 valence electrons. The number of hydrogen-bond acceptors (Lipinski definition) is 4. The standard InChI is InChI=1S/2C10H20NO.Cu/c2*1-8(2)10(6,12)7-11-9(3,4)5;/h2*7-8H,1-6H3;/q2*-1;+2. The summed E-state index contributed by atoms with van der Waals surface area (Å²) in [5.41, 5.74) is -2.35. The summed E-state index contributed by atoms with van der Waals surface area (Å²) < 4.78 is 0. The summed E-state index contributed by atoms with van der Waals surface area (Å²) in [5.74, 6) is 0.173. The molecule has 0 aliphatic rings. The van der Waals surface area contributed by atoms with Crippen molar-refractivity contribution in [3.8, 4) is 0 Å². The topological polar surface area (TPSA) is 70.8 Å². The van der Waals surface area contributed by atoms with Crippen LogP contribution in [0.25, 0.3) is 0 Å². The minimum atomic E-state index is -1.03. The van der Waals surface area contributed by atoms with Crippen LogP contribution in [0.15, 0.2) is 9.98 Å². The van der Waals surface area contributed by atoms with Gasteiger partial charge in [0, 0.05) is 0 Å². The molecule has 0 saturated carbocycles. The fourth-order valence-electron chi connectivity index (χ4n) is 0.942. The summed E-state index contributed by atoms with van der Waals surface area (Å²) in [6.45, 7) is 22.9. The van der Waals surface area contributed by atoms with Crippen LogP contribution >= 0.6 is 0 Å². The Kier molecular flexibility index (Phi) is 12.8. The van der Waals surface area contributed by atoms with Crippen molar-refractivity contribution in [3.05, 3.63) is 0 Å². The summed E-state index contributed by atoms with van der Waals surface area (Å²) in [4.78, 5) is 8.42. The van der Waals surface area contributed by atoms with E-state index >= 15 is 0 Å². The fourth-order valence-corrected chi connectivity index (χ4v) is 0.942. The van der Waals surface area contributed by atoms with Gasteiger partial charge in [-0.3, -0.25) is 9.98 Å². The molecule has 0 aliphatic heterocycles. The first kappa shape index (κ1) is 29.5. The van der Waals surface area contributed by atoms with Crippen molar-refractivity contribution in [2.45, 2.75) is 105 Å². The van der Waals surface area contributed by atoms with Crippen molar-refractivity contribution in [2.24, 2.45) is 21.8 Å². The van der Waals surface area contributed by atoms with Crippen molar-refractivity contribution >= 4 is 12.4 Å². The smallest absolute Gasteiger partial charge is 0.845 e. The summed E-state index contributed by atoms with van der Waals surface area (Å²) >= 11 is 0. The van der Waals surface area contributed by atoms with E-state index < -0.39 is 11.2 Å². The number of rotatable bonds is 4. The van der Waals surface area contributed by atoms with Crippen LogP contribution in [0, 0.1) is 11.8 Å². The number of nitrogens with zero attached hydrogens (tertiary/aromatic N) is 2. The Morgan fingerprint density at radius 2 is 0.800 bits per heavy atom. The van der Waals surface area contributed by atoms with Crippen LogP contribution in [-0.2, 0) is 17.1 Å². The van der Waals surface area contributed by atoms with E-state index in [1.807, 2.05) is 69.2 Å². The SMILES string of the molecule is CC(C)C(C)([O-])C=NC(C)(C)C.CC(C)C(C)([O-])C=NC(C)(C)C.[Cu+2]. The normalized spacial score (nSPS) is 17.9. The monoisotopic (exact) mass is 403 g/mol. The van der Waals surface area contributed by atoms with Gasteiger partial charge in [0.15, 0.2) is 0 Å². The second-order valence-electron chi connectivity index (χ2n) is 9.54. The average molecular weight is 404 g/mol. The zero-order valence-corrected chi connectivity index (χ0v) is 19.3. The maximum Gasteiger partial charge on any atom is 2.00 e. The number of aliphatic imine (C=N–C) groups is 2. The molecule has 2 unspecified atom stereocenters. The first-order valence-electron chi connectivity index (χ1n) is 8.84. The van der Waals surface area contributed by atoms with Crippen molar-refractivity contribution < 1.29 is 27.3 Å². The molecule has 1 radical (unpaired) electrons. The fraction of sp³-hybridized carbons (Fsp3) is 0.900. The van der Waals surface area contributed by atoms with E-state index in [1.54, 1.807) is 13.8 Å². The predicted molar refractivity (Wildman–Crippen MR) is 103 cm³/mol. The second kappa shape index (κ2) is 10.8. The zero-order valence-electron chi connectivity index (χ0n) is 18.3. The van der Waals surface area contributed by atoms with Crippen LogP contribution in [-0.4, -0.2) is 34.7 Å². The molecule has 0 bridgehead atoms. The third kappa shape index (κ3) is 17.0. The van der Waals surface area contributed by atoms with Crippen LogP contribution in [0.3, 0.4) is 0 Å². The van der Waals surface area contributed by atoms with E-state index in [4.69, 9.17) is 0 Å². The molecule has 0 aliphatic carbocycles. The van der Waals surface area contributed by atoms with E-state index in [0.717, 1.165) is 0 Å².